The molecule has 1 aliphatic rings. The highest BCUT2D eigenvalue weighted by Gasteiger charge is 2.22. The zero-order valence-corrected chi connectivity index (χ0v) is 13.1. The number of carbonyl (C=O) groups is 1. The van der Waals surface area contributed by atoms with Crippen LogP contribution in [0.2, 0.25) is 0 Å². The van der Waals surface area contributed by atoms with Gasteiger partial charge in [-0.05, 0) is 32.1 Å². The molecule has 0 saturated carbocycles. The molecule has 5 heteroatoms. The molecule has 21 heavy (non-hydrogen) atoms. The summed E-state index contributed by atoms with van der Waals surface area (Å²) < 4.78 is 0. The Morgan fingerprint density at radius 1 is 1.33 bits per heavy atom. The van der Waals surface area contributed by atoms with Crippen molar-refractivity contribution in [2.24, 2.45) is 5.92 Å². The van der Waals surface area contributed by atoms with Crippen molar-refractivity contribution in [1.29, 1.82) is 0 Å². The van der Waals surface area contributed by atoms with Gasteiger partial charge in [-0.3, -0.25) is 9.78 Å². The summed E-state index contributed by atoms with van der Waals surface area (Å²) in [6.07, 6.45) is 9.17. The number of carbonyl (C=O) groups excluding carboxylic acids is 1. The Morgan fingerprint density at radius 3 is 2.95 bits per heavy atom. The number of aromatic nitrogens is 2. The van der Waals surface area contributed by atoms with Crippen molar-refractivity contribution in [3.05, 3.63) is 18.1 Å². The molecule has 0 aromatic carbocycles. The molecule has 1 amide bonds. The van der Waals surface area contributed by atoms with Gasteiger partial charge in [0.2, 0.25) is 0 Å². The fraction of sp³-hybridized carbons (Fsp3) is 0.688. The van der Waals surface area contributed by atoms with Gasteiger partial charge in [-0.2, -0.15) is 0 Å². The van der Waals surface area contributed by atoms with Gasteiger partial charge < -0.3 is 10.2 Å². The van der Waals surface area contributed by atoms with E-state index in [2.05, 4.69) is 22.2 Å². The van der Waals surface area contributed by atoms with E-state index in [0.717, 1.165) is 38.4 Å². The van der Waals surface area contributed by atoms with Crippen LogP contribution in [0.5, 0.6) is 0 Å². The van der Waals surface area contributed by atoms with E-state index in [4.69, 9.17) is 0 Å². The minimum absolute atomic E-state index is 0.0133. The van der Waals surface area contributed by atoms with E-state index in [1.807, 2.05) is 11.8 Å². The Kier molecular flexibility index (Phi) is 5.96. The molecule has 5 nitrogen and oxygen atoms in total. The van der Waals surface area contributed by atoms with Crippen LogP contribution >= 0.6 is 0 Å². The van der Waals surface area contributed by atoms with Crippen molar-refractivity contribution in [3.63, 3.8) is 0 Å². The first kappa shape index (κ1) is 15.7. The van der Waals surface area contributed by atoms with Crippen LogP contribution in [0.3, 0.4) is 0 Å². The molecule has 2 heterocycles. The second-order valence-corrected chi connectivity index (χ2v) is 5.70. The van der Waals surface area contributed by atoms with Crippen LogP contribution in [0.15, 0.2) is 12.4 Å². The monoisotopic (exact) mass is 290 g/mol. The third-order valence-corrected chi connectivity index (χ3v) is 4.04. The maximum Gasteiger partial charge on any atom is 0.274 e. The first-order chi connectivity index (χ1) is 10.2. The Balaban J connectivity index is 2.00. The minimum Gasteiger partial charge on any atom is -0.369 e. The number of rotatable bonds is 5. The van der Waals surface area contributed by atoms with Crippen LogP contribution in [0.25, 0.3) is 0 Å². The molecule has 1 unspecified atom stereocenters. The lowest BCUT2D eigenvalue weighted by Crippen LogP contribution is -2.32. The van der Waals surface area contributed by atoms with E-state index in [1.165, 1.54) is 19.3 Å². The maximum atomic E-state index is 12.6. The molecule has 1 saturated heterocycles. The summed E-state index contributed by atoms with van der Waals surface area (Å²) in [5.41, 5.74) is 0.447. The number of likely N-dealkylation sites (tertiary alicyclic amines) is 1. The molecule has 116 valence electrons. The van der Waals surface area contributed by atoms with E-state index in [9.17, 15) is 4.79 Å². The van der Waals surface area contributed by atoms with Gasteiger partial charge >= 0.3 is 0 Å². The molecular formula is C16H26N4O. The van der Waals surface area contributed by atoms with Gasteiger partial charge in [0.15, 0.2) is 0 Å². The van der Waals surface area contributed by atoms with Crippen molar-refractivity contribution in [1.82, 2.24) is 14.9 Å². The molecule has 0 radical (unpaired) electrons. The lowest BCUT2D eigenvalue weighted by atomic mass is 9.96. The Morgan fingerprint density at radius 2 is 2.19 bits per heavy atom. The van der Waals surface area contributed by atoms with Crippen molar-refractivity contribution < 1.29 is 4.79 Å². The second-order valence-electron chi connectivity index (χ2n) is 5.70. The highest BCUT2D eigenvalue weighted by molar-refractivity contribution is 5.92. The van der Waals surface area contributed by atoms with Gasteiger partial charge in [0.1, 0.15) is 11.5 Å². The Hall–Kier alpha value is -1.65. The van der Waals surface area contributed by atoms with Crippen LogP contribution in [-0.4, -0.2) is 40.4 Å². The third kappa shape index (κ3) is 4.41. The van der Waals surface area contributed by atoms with E-state index in [-0.39, 0.29) is 5.91 Å². The summed E-state index contributed by atoms with van der Waals surface area (Å²) in [5.74, 6) is 1.45. The molecule has 1 aromatic heterocycles. The fourth-order valence-corrected chi connectivity index (χ4v) is 2.96. The average Bonchev–Trinajstić information content (AvgIpc) is 2.73. The molecule has 1 aliphatic heterocycles. The molecule has 1 N–H and O–H groups in total. The Labute approximate surface area is 127 Å². The van der Waals surface area contributed by atoms with Crippen LogP contribution in [0.4, 0.5) is 5.82 Å². The smallest absolute Gasteiger partial charge is 0.274 e. The molecule has 0 aliphatic carbocycles. The Bertz CT molecular complexity index is 463. The first-order valence-electron chi connectivity index (χ1n) is 8.09. The molecule has 1 aromatic rings. The molecular weight excluding hydrogens is 264 g/mol. The zero-order chi connectivity index (χ0) is 15.1. The summed E-state index contributed by atoms with van der Waals surface area (Å²) in [4.78, 5) is 23.0. The molecule has 1 fully saturated rings. The molecule has 1 atom stereocenters. The highest BCUT2D eigenvalue weighted by Crippen LogP contribution is 2.22. The molecule has 0 bridgehead atoms. The molecule has 2 rings (SSSR count). The quantitative estimate of drug-likeness (QED) is 0.906. The molecule has 0 spiro atoms. The topological polar surface area (TPSA) is 58.1 Å². The van der Waals surface area contributed by atoms with Crippen LogP contribution in [0, 0.1) is 5.92 Å². The van der Waals surface area contributed by atoms with E-state index in [0.29, 0.717) is 11.5 Å². The summed E-state index contributed by atoms with van der Waals surface area (Å²) in [6.45, 7) is 6.69. The van der Waals surface area contributed by atoms with E-state index in [1.54, 1.807) is 12.4 Å². The first-order valence-corrected chi connectivity index (χ1v) is 8.09. The number of hydrogen-bond donors (Lipinski definition) is 1. The summed E-state index contributed by atoms with van der Waals surface area (Å²) in [5, 5.41) is 3.10. The SMILES string of the molecule is CCCC1CCCN(C(=O)c2cncc(NCC)n2)CC1. The van der Waals surface area contributed by atoms with Crippen molar-refractivity contribution in [3.8, 4) is 0 Å². The van der Waals surface area contributed by atoms with Gasteiger partial charge in [0, 0.05) is 19.6 Å². The lowest BCUT2D eigenvalue weighted by Gasteiger charge is -2.20. The standard InChI is InChI=1S/C16H26N4O/c1-3-6-13-7-5-9-20(10-8-13)16(21)14-11-17-12-15(19-14)18-4-2/h11-13H,3-10H2,1-2H3,(H,18,19). The van der Waals surface area contributed by atoms with Gasteiger partial charge in [0.05, 0.1) is 12.4 Å². The van der Waals surface area contributed by atoms with Crippen LogP contribution in [0.1, 0.15) is 56.4 Å². The number of amides is 1. The number of nitrogens with zero attached hydrogens (tertiary/aromatic N) is 3. The van der Waals surface area contributed by atoms with Gasteiger partial charge in [-0.1, -0.05) is 19.8 Å². The van der Waals surface area contributed by atoms with Crippen LogP contribution in [-0.2, 0) is 0 Å². The predicted molar refractivity (Wildman–Crippen MR) is 84.3 cm³/mol. The van der Waals surface area contributed by atoms with Crippen molar-refractivity contribution >= 4 is 11.7 Å². The number of nitrogens with one attached hydrogen (secondary N) is 1. The summed E-state index contributed by atoms with van der Waals surface area (Å²) in [7, 11) is 0. The largest absolute Gasteiger partial charge is 0.369 e. The minimum atomic E-state index is 0.0133. The van der Waals surface area contributed by atoms with Gasteiger partial charge in [-0.25, -0.2) is 4.98 Å². The summed E-state index contributed by atoms with van der Waals surface area (Å²) >= 11 is 0. The normalized spacial score (nSPS) is 19.1. The van der Waals surface area contributed by atoms with Crippen molar-refractivity contribution in [2.45, 2.75) is 46.0 Å². The summed E-state index contributed by atoms with van der Waals surface area (Å²) in [6, 6.07) is 0. The van der Waals surface area contributed by atoms with Gasteiger partial charge in [0.25, 0.3) is 5.91 Å². The van der Waals surface area contributed by atoms with E-state index < -0.39 is 0 Å². The number of hydrogen-bond acceptors (Lipinski definition) is 4. The van der Waals surface area contributed by atoms with Gasteiger partial charge in [-0.15, -0.1) is 0 Å². The number of anilines is 1. The average molecular weight is 290 g/mol. The highest BCUT2D eigenvalue weighted by atomic mass is 16.2. The fourth-order valence-electron chi connectivity index (χ4n) is 2.96. The lowest BCUT2D eigenvalue weighted by molar-refractivity contribution is 0.0753. The van der Waals surface area contributed by atoms with Crippen LogP contribution < -0.4 is 5.32 Å². The maximum absolute atomic E-state index is 12.6. The second kappa shape index (κ2) is 7.96. The van der Waals surface area contributed by atoms with E-state index >= 15 is 0 Å². The van der Waals surface area contributed by atoms with Crippen molar-refractivity contribution in [2.75, 3.05) is 25.0 Å². The predicted octanol–water partition coefficient (Wildman–Crippen LogP) is 2.95. The third-order valence-electron chi connectivity index (χ3n) is 4.04. The zero-order valence-electron chi connectivity index (χ0n) is 13.1.